The number of rotatable bonds is 2. The fourth-order valence-electron chi connectivity index (χ4n) is 1.65. The summed E-state index contributed by atoms with van der Waals surface area (Å²) in [4.78, 5) is 11.7. The topological polar surface area (TPSA) is 38.3 Å². The molecule has 1 amide bonds. The molecule has 19 heavy (non-hydrogen) atoms. The van der Waals surface area contributed by atoms with Gasteiger partial charge in [0.2, 0.25) is 0 Å². The zero-order chi connectivity index (χ0) is 14.8. The van der Waals surface area contributed by atoms with Crippen molar-refractivity contribution >= 4 is 22.0 Å². The summed E-state index contributed by atoms with van der Waals surface area (Å²) in [6.07, 6.45) is -1.03. The van der Waals surface area contributed by atoms with E-state index in [1.54, 1.807) is 6.92 Å². The van der Waals surface area contributed by atoms with Crippen molar-refractivity contribution in [2.45, 2.75) is 46.3 Å². The third-order valence-electron chi connectivity index (χ3n) is 2.55. The fraction of sp³-hybridized carbons (Fsp3) is 0.500. The number of hydrogen-bond acceptors (Lipinski definition) is 2. The highest BCUT2D eigenvalue weighted by atomic mass is 79.9. The Kier molecular flexibility index (Phi) is 4.96. The Balaban J connectivity index is 2.84. The molecule has 106 valence electrons. The molecule has 0 spiro atoms. The number of carbonyl (C=O) groups excluding carboxylic acids is 1. The molecule has 0 saturated carbocycles. The summed E-state index contributed by atoms with van der Waals surface area (Å²) in [6.45, 7) is 9.16. The molecule has 1 N–H and O–H groups in total. The number of benzene rings is 1. The summed E-state index contributed by atoms with van der Waals surface area (Å²) in [7, 11) is 0. The number of alkyl carbamates (subject to hydrolysis) is 1. The molecule has 0 aliphatic carbocycles. The van der Waals surface area contributed by atoms with Gasteiger partial charge in [-0.3, -0.25) is 0 Å². The number of halogens is 2. The Morgan fingerprint density at radius 1 is 1.42 bits per heavy atom. The molecule has 0 saturated heterocycles. The maximum absolute atomic E-state index is 13.4. The van der Waals surface area contributed by atoms with Crippen LogP contribution in [0.5, 0.6) is 0 Å². The van der Waals surface area contributed by atoms with Gasteiger partial charge in [-0.15, -0.1) is 0 Å². The minimum absolute atomic E-state index is 0.362. The van der Waals surface area contributed by atoms with Crippen LogP contribution in [0.1, 0.15) is 44.9 Å². The van der Waals surface area contributed by atoms with E-state index in [1.165, 1.54) is 12.1 Å². The second-order valence-electron chi connectivity index (χ2n) is 5.52. The van der Waals surface area contributed by atoms with E-state index < -0.39 is 12.2 Å². The number of ether oxygens (including phenoxy) is 1. The molecule has 0 heterocycles. The fourth-order valence-corrected chi connectivity index (χ4v) is 2.10. The Bertz CT molecular complexity index is 483. The molecule has 0 radical (unpaired) electrons. The molecule has 1 atom stereocenters. The van der Waals surface area contributed by atoms with Crippen LogP contribution in [0.2, 0.25) is 0 Å². The lowest BCUT2D eigenvalue weighted by molar-refractivity contribution is 0.0996. The first-order valence-electron chi connectivity index (χ1n) is 6.04. The van der Waals surface area contributed by atoms with Crippen LogP contribution in [0.15, 0.2) is 16.6 Å². The maximum atomic E-state index is 13.4. The average Bonchev–Trinajstić information content (AvgIpc) is 2.20. The van der Waals surface area contributed by atoms with E-state index in [2.05, 4.69) is 21.2 Å². The average molecular weight is 332 g/mol. The first kappa shape index (κ1) is 16.0. The summed E-state index contributed by atoms with van der Waals surface area (Å²) in [5.74, 6) is -0.362. The van der Waals surface area contributed by atoms with Crippen molar-refractivity contribution in [2.75, 3.05) is 0 Å². The first-order valence-corrected chi connectivity index (χ1v) is 6.84. The van der Waals surface area contributed by atoms with Crippen molar-refractivity contribution in [2.24, 2.45) is 0 Å². The Hall–Kier alpha value is -1.10. The highest BCUT2D eigenvalue weighted by molar-refractivity contribution is 9.10. The van der Waals surface area contributed by atoms with Crippen molar-refractivity contribution < 1.29 is 13.9 Å². The van der Waals surface area contributed by atoms with Crippen LogP contribution in [0, 0.1) is 12.7 Å². The lowest BCUT2D eigenvalue weighted by Crippen LogP contribution is -2.41. The van der Waals surface area contributed by atoms with Crippen LogP contribution >= 0.6 is 15.9 Å². The molecular formula is C14H19BrFNO2. The molecular weight excluding hydrogens is 313 g/mol. The molecule has 0 fully saturated rings. The molecule has 5 heteroatoms. The first-order chi connectivity index (χ1) is 8.60. The SMILES string of the molecule is Cc1c(Br)cc(F)cc1[C@@H](C)OC(=O)NC(C)(C)C. The van der Waals surface area contributed by atoms with Gasteiger partial charge in [0.25, 0.3) is 0 Å². The van der Waals surface area contributed by atoms with E-state index >= 15 is 0 Å². The maximum Gasteiger partial charge on any atom is 0.408 e. The van der Waals surface area contributed by atoms with Gasteiger partial charge in [-0.1, -0.05) is 15.9 Å². The summed E-state index contributed by atoms with van der Waals surface area (Å²) >= 11 is 3.28. The molecule has 0 aromatic heterocycles. The predicted molar refractivity (Wildman–Crippen MR) is 76.6 cm³/mol. The van der Waals surface area contributed by atoms with Crippen molar-refractivity contribution in [3.8, 4) is 0 Å². The highest BCUT2D eigenvalue weighted by Crippen LogP contribution is 2.28. The van der Waals surface area contributed by atoms with E-state index in [9.17, 15) is 9.18 Å². The lowest BCUT2D eigenvalue weighted by Gasteiger charge is -2.23. The Morgan fingerprint density at radius 3 is 2.53 bits per heavy atom. The zero-order valence-corrected chi connectivity index (χ0v) is 13.4. The van der Waals surface area contributed by atoms with Crippen molar-refractivity contribution in [1.29, 1.82) is 0 Å². The van der Waals surface area contributed by atoms with Gasteiger partial charge < -0.3 is 10.1 Å². The van der Waals surface area contributed by atoms with E-state index in [0.717, 1.165) is 5.56 Å². The number of nitrogens with one attached hydrogen (secondary N) is 1. The molecule has 0 bridgehead atoms. The van der Waals surface area contributed by atoms with Gasteiger partial charge in [0.15, 0.2) is 0 Å². The minimum atomic E-state index is -0.519. The van der Waals surface area contributed by atoms with Gasteiger partial charge in [0.05, 0.1) is 0 Å². The van der Waals surface area contributed by atoms with Crippen molar-refractivity contribution in [3.63, 3.8) is 0 Å². The van der Waals surface area contributed by atoms with E-state index in [4.69, 9.17) is 4.74 Å². The highest BCUT2D eigenvalue weighted by Gasteiger charge is 2.19. The van der Waals surface area contributed by atoms with Crippen LogP contribution in [0.25, 0.3) is 0 Å². The largest absolute Gasteiger partial charge is 0.442 e. The van der Waals surface area contributed by atoms with Crippen molar-refractivity contribution in [1.82, 2.24) is 5.32 Å². The number of amides is 1. The molecule has 1 rings (SSSR count). The van der Waals surface area contributed by atoms with Gasteiger partial charge >= 0.3 is 6.09 Å². The van der Waals surface area contributed by atoms with Crippen LogP contribution < -0.4 is 5.32 Å². The van der Waals surface area contributed by atoms with Crippen molar-refractivity contribution in [3.05, 3.63) is 33.5 Å². The van der Waals surface area contributed by atoms with Crippen LogP contribution in [0.3, 0.4) is 0 Å². The molecule has 0 unspecified atom stereocenters. The van der Waals surface area contributed by atoms with Crippen LogP contribution in [-0.4, -0.2) is 11.6 Å². The van der Waals surface area contributed by atoms with Gasteiger partial charge in [0.1, 0.15) is 11.9 Å². The molecule has 0 aliphatic heterocycles. The molecule has 1 aromatic carbocycles. The quantitative estimate of drug-likeness (QED) is 0.867. The molecule has 3 nitrogen and oxygen atoms in total. The number of carbonyl (C=O) groups is 1. The second kappa shape index (κ2) is 5.90. The van der Waals surface area contributed by atoms with Gasteiger partial charge in [0, 0.05) is 10.0 Å². The van der Waals surface area contributed by atoms with Crippen LogP contribution in [-0.2, 0) is 4.74 Å². The standard InChI is InChI=1S/C14H19BrFNO2/c1-8-11(6-10(16)7-12(8)15)9(2)19-13(18)17-14(3,4)5/h6-7,9H,1-5H3,(H,17,18)/t9-/m1/s1. The minimum Gasteiger partial charge on any atom is -0.442 e. The van der Waals surface area contributed by atoms with E-state index in [1.807, 2.05) is 27.7 Å². The Morgan fingerprint density at radius 2 is 2.00 bits per heavy atom. The summed E-state index contributed by atoms with van der Waals surface area (Å²) in [6, 6.07) is 2.77. The second-order valence-corrected chi connectivity index (χ2v) is 6.38. The van der Waals surface area contributed by atoms with Crippen LogP contribution in [0.4, 0.5) is 9.18 Å². The molecule has 0 aliphatic rings. The lowest BCUT2D eigenvalue weighted by atomic mass is 10.0. The zero-order valence-electron chi connectivity index (χ0n) is 11.8. The van der Waals surface area contributed by atoms with E-state index in [-0.39, 0.29) is 11.4 Å². The summed E-state index contributed by atoms with van der Waals surface area (Å²) in [5.41, 5.74) is 1.14. The van der Waals surface area contributed by atoms with Gasteiger partial charge in [-0.05, 0) is 57.9 Å². The normalized spacial score (nSPS) is 13.0. The third-order valence-corrected chi connectivity index (χ3v) is 3.37. The summed E-state index contributed by atoms with van der Waals surface area (Å²) < 4.78 is 19.3. The third kappa shape index (κ3) is 4.82. The monoisotopic (exact) mass is 331 g/mol. The van der Waals surface area contributed by atoms with Gasteiger partial charge in [-0.2, -0.15) is 0 Å². The van der Waals surface area contributed by atoms with Gasteiger partial charge in [-0.25, -0.2) is 9.18 Å². The van der Waals surface area contributed by atoms with E-state index in [0.29, 0.717) is 10.0 Å². The smallest absolute Gasteiger partial charge is 0.408 e. The summed E-state index contributed by atoms with van der Waals surface area (Å²) in [5, 5.41) is 2.70. The molecule has 1 aromatic rings. The number of hydrogen-bond donors (Lipinski definition) is 1. The predicted octanol–water partition coefficient (Wildman–Crippen LogP) is 4.48. The Labute approximate surface area is 121 Å².